The molecule has 1 radical (unpaired) electrons. The summed E-state index contributed by atoms with van der Waals surface area (Å²) in [4.78, 5) is 94.3. The van der Waals surface area contributed by atoms with Gasteiger partial charge in [-0.15, -0.1) is 0 Å². The third-order valence-electron chi connectivity index (χ3n) is 6.54. The van der Waals surface area contributed by atoms with Gasteiger partial charge in [-0.1, -0.05) is 0 Å². The second-order valence-corrected chi connectivity index (χ2v) is 11.4. The first-order chi connectivity index (χ1) is 23.7. The molecule has 7 N–H and O–H groups in total. The predicted octanol–water partition coefficient (Wildman–Crippen LogP) is 0.694. The van der Waals surface area contributed by atoms with Crippen molar-refractivity contribution in [3.8, 4) is 0 Å². The van der Waals surface area contributed by atoms with Crippen LogP contribution in [0, 0.1) is 0 Å². The van der Waals surface area contributed by atoms with Crippen molar-refractivity contribution in [2.45, 2.75) is 17.0 Å². The molecule has 2 saturated heterocycles. The van der Waals surface area contributed by atoms with Gasteiger partial charge in [0.05, 0.1) is 17.1 Å². The first kappa shape index (κ1) is 37.7. The Labute approximate surface area is 307 Å². The quantitative estimate of drug-likeness (QED) is 0.0696. The van der Waals surface area contributed by atoms with Crippen LogP contribution in [0.4, 0.5) is 32.3 Å². The van der Waals surface area contributed by atoms with Crippen molar-refractivity contribution >= 4 is 110 Å². The molecule has 3 aromatic carbocycles. The number of carbonyl (C=O) groups excluding carboxylic acids is 8. The van der Waals surface area contributed by atoms with Gasteiger partial charge in [0.15, 0.2) is 0 Å². The van der Waals surface area contributed by atoms with Crippen LogP contribution >= 0.6 is 0 Å². The number of urea groups is 2. The number of carbonyl (C=O) groups is 8. The number of azo groups is 2. The van der Waals surface area contributed by atoms with E-state index in [1.54, 1.807) is 0 Å². The molecule has 23 heteroatoms. The van der Waals surface area contributed by atoms with Crippen LogP contribution in [0.25, 0.3) is 0 Å². The number of benzene rings is 3. The van der Waals surface area contributed by atoms with Crippen LogP contribution < -0.4 is 31.9 Å². The molecule has 0 spiro atoms. The van der Waals surface area contributed by atoms with Crippen LogP contribution in [-0.2, 0) is 29.3 Å². The zero-order valence-corrected chi connectivity index (χ0v) is 28.5. The topological polar surface area (TPSA) is 313 Å². The van der Waals surface area contributed by atoms with E-state index < -0.39 is 74.6 Å². The molecule has 0 aromatic heterocycles. The summed E-state index contributed by atoms with van der Waals surface area (Å²) in [6.45, 7) is 0. The molecule has 2 aliphatic heterocycles. The molecular weight excluding hydrogens is 707 g/mol. The second kappa shape index (κ2) is 15.6. The summed E-state index contributed by atoms with van der Waals surface area (Å²) in [5, 5.41) is 27.0. The van der Waals surface area contributed by atoms with Gasteiger partial charge in [0.1, 0.15) is 4.90 Å². The van der Waals surface area contributed by atoms with E-state index in [1.165, 1.54) is 54.6 Å². The molecule has 2 heterocycles. The van der Waals surface area contributed by atoms with Crippen LogP contribution in [-0.4, -0.2) is 102 Å². The number of hydrogen-bond donors (Lipinski definition) is 7. The largest absolute Gasteiger partial charge is 0.328 e. The maximum Gasteiger partial charge on any atom is 0.328 e. The standard InChI is InChI=1S/C28H20N10O11S.Na/c39-21(12-1-5-14(6-2-12)35-37-19-23(41)31-27(45)32-24(19)42)29-16-9-10-17(18(11-16)50(47,48)49)30-22(40)13-3-7-15(8-4-13)36-38-20-25(43)33-28(46)34-26(20)44;/h1-11,19-20H,(H,29,39)(H,30,40)(H,47,48,49)(H2,31,32,41,42,45)(H2,33,34,43,44,46);. The van der Waals surface area contributed by atoms with Crippen LogP contribution in [0.3, 0.4) is 0 Å². The summed E-state index contributed by atoms with van der Waals surface area (Å²) in [5.74, 6) is -5.40. The first-order valence-corrected chi connectivity index (χ1v) is 15.2. The van der Waals surface area contributed by atoms with Crippen molar-refractivity contribution in [2.24, 2.45) is 20.5 Å². The van der Waals surface area contributed by atoms with Crippen LogP contribution in [0.5, 0.6) is 0 Å². The number of imide groups is 4. The molecule has 5 rings (SSSR count). The number of nitrogens with one attached hydrogen (secondary N) is 6. The number of anilines is 2. The third kappa shape index (κ3) is 9.34. The summed E-state index contributed by atoms with van der Waals surface area (Å²) in [6.07, 6.45) is 0. The van der Waals surface area contributed by atoms with Gasteiger partial charge in [0.2, 0.25) is 12.1 Å². The van der Waals surface area contributed by atoms with E-state index >= 15 is 0 Å². The maximum atomic E-state index is 12.9. The van der Waals surface area contributed by atoms with Gasteiger partial charge < -0.3 is 10.6 Å². The van der Waals surface area contributed by atoms with Crippen molar-refractivity contribution in [1.29, 1.82) is 0 Å². The van der Waals surface area contributed by atoms with E-state index in [4.69, 9.17) is 0 Å². The summed E-state index contributed by atoms with van der Waals surface area (Å²) in [5.41, 5.74) is -0.0667. The minimum absolute atomic E-state index is 0. The first-order valence-electron chi connectivity index (χ1n) is 13.8. The molecule has 2 fully saturated rings. The van der Waals surface area contributed by atoms with Crippen molar-refractivity contribution in [3.63, 3.8) is 0 Å². The normalized spacial score (nSPS) is 15.5. The van der Waals surface area contributed by atoms with E-state index in [-0.39, 0.29) is 63.4 Å². The Kier molecular flexibility index (Phi) is 11.6. The van der Waals surface area contributed by atoms with Crippen molar-refractivity contribution in [3.05, 3.63) is 77.9 Å². The second-order valence-electron chi connectivity index (χ2n) is 10.0. The summed E-state index contributed by atoms with van der Waals surface area (Å²) >= 11 is 0. The Morgan fingerprint density at radius 2 is 1.00 bits per heavy atom. The molecule has 10 amide bonds. The van der Waals surface area contributed by atoms with Gasteiger partial charge in [-0.05, 0) is 66.7 Å². The fourth-order valence-corrected chi connectivity index (χ4v) is 4.83. The van der Waals surface area contributed by atoms with Crippen molar-refractivity contribution in [2.75, 3.05) is 10.6 Å². The summed E-state index contributed by atoms with van der Waals surface area (Å²) in [7, 11) is -4.93. The minimum atomic E-state index is -4.93. The van der Waals surface area contributed by atoms with Gasteiger partial charge >= 0.3 is 12.1 Å². The SMILES string of the molecule is O=C1NC(=O)C(N=Nc2ccc(C(=O)Nc3ccc(NC(=O)c4ccc(N=NC5C(=O)NC(=O)NC5=O)cc4)c(S(=O)(=O)O)c3)cc2)C(=O)N1.[Na]. The van der Waals surface area contributed by atoms with Gasteiger partial charge in [-0.2, -0.15) is 28.9 Å². The van der Waals surface area contributed by atoms with E-state index in [1.807, 2.05) is 21.3 Å². The number of nitrogens with zero attached hydrogens (tertiary/aromatic N) is 4. The van der Waals surface area contributed by atoms with E-state index in [0.717, 1.165) is 12.1 Å². The van der Waals surface area contributed by atoms with Gasteiger partial charge in [-0.25, -0.2) is 9.59 Å². The fourth-order valence-electron chi connectivity index (χ4n) is 4.15. The number of barbiturate groups is 2. The van der Waals surface area contributed by atoms with E-state index in [9.17, 15) is 51.3 Å². The molecule has 0 atom stereocenters. The molecule has 0 aliphatic carbocycles. The zero-order chi connectivity index (χ0) is 36.2. The molecule has 2 aliphatic rings. The van der Waals surface area contributed by atoms with Gasteiger partial charge in [-0.3, -0.25) is 54.6 Å². The third-order valence-corrected chi connectivity index (χ3v) is 7.44. The zero-order valence-electron chi connectivity index (χ0n) is 25.7. The monoisotopic (exact) mass is 727 g/mol. The van der Waals surface area contributed by atoms with Crippen molar-refractivity contribution < 1.29 is 51.3 Å². The van der Waals surface area contributed by atoms with E-state index in [2.05, 4.69) is 31.1 Å². The summed E-state index contributed by atoms with van der Waals surface area (Å²) < 4.78 is 34.2. The Morgan fingerprint density at radius 3 is 1.39 bits per heavy atom. The Bertz CT molecular complexity index is 2120. The Hall–Kier alpha value is -6.07. The Morgan fingerprint density at radius 1 is 0.608 bits per heavy atom. The number of rotatable bonds is 9. The van der Waals surface area contributed by atoms with E-state index in [0.29, 0.717) is 0 Å². The molecule has 51 heavy (non-hydrogen) atoms. The smallest absolute Gasteiger partial charge is 0.322 e. The average molecular weight is 728 g/mol. The summed E-state index contributed by atoms with van der Waals surface area (Å²) in [6, 6.07) is 8.54. The number of hydrogen-bond acceptors (Lipinski definition) is 14. The fraction of sp³-hybridized carbons (Fsp3) is 0.0714. The van der Waals surface area contributed by atoms with Gasteiger partial charge in [0, 0.05) is 46.4 Å². The molecule has 21 nitrogen and oxygen atoms in total. The van der Waals surface area contributed by atoms with Crippen LogP contribution in [0.1, 0.15) is 20.7 Å². The molecule has 0 bridgehead atoms. The van der Waals surface area contributed by atoms with Crippen LogP contribution in [0.15, 0.2) is 92.1 Å². The molecule has 0 saturated carbocycles. The minimum Gasteiger partial charge on any atom is -0.322 e. The Balaban J connectivity index is 0.00000583. The van der Waals surface area contributed by atoms with Crippen molar-refractivity contribution in [1.82, 2.24) is 21.3 Å². The number of amides is 10. The molecule has 0 unspecified atom stereocenters. The van der Waals surface area contributed by atoms with Crippen LogP contribution in [0.2, 0.25) is 0 Å². The molecular formula is C28H20N10NaO11S. The molecule has 255 valence electrons. The average Bonchev–Trinajstić information content (AvgIpc) is 3.04. The maximum absolute atomic E-state index is 12.9. The molecule has 3 aromatic rings. The predicted molar refractivity (Wildman–Crippen MR) is 171 cm³/mol. The van der Waals surface area contributed by atoms with Gasteiger partial charge in [0.25, 0.3) is 45.6 Å².